The largest absolute Gasteiger partial charge is 0.491 e. The molecule has 0 heterocycles. The molecule has 2 aromatic rings. The summed E-state index contributed by atoms with van der Waals surface area (Å²) < 4.78 is 46.6. The summed E-state index contributed by atoms with van der Waals surface area (Å²) in [5, 5.41) is 77.8. The molecule has 0 bridgehead atoms. The maximum Gasteiger partial charge on any atom is 0.128 e. The molecule has 0 aromatic heterocycles. The number of aryl methyl sites for hydroxylation is 2. The number of aliphatic hydroxyl groups excluding tert-OH is 8. The molecular weight excluding hydrogens is 1130 g/mol. The Balaban J connectivity index is -0.000000261. The third-order valence-electron chi connectivity index (χ3n) is 14.2. The quantitative estimate of drug-likeness (QED) is 0.0287. The van der Waals surface area contributed by atoms with Gasteiger partial charge in [0.15, 0.2) is 0 Å². The van der Waals surface area contributed by atoms with Crippen LogP contribution in [-0.4, -0.2) is 236 Å². The predicted octanol–water partition coefficient (Wildman–Crippen LogP) is 10.2. The van der Waals surface area contributed by atoms with Crippen molar-refractivity contribution in [3.63, 3.8) is 0 Å². The van der Waals surface area contributed by atoms with Gasteiger partial charge in [0.25, 0.3) is 0 Å². The van der Waals surface area contributed by atoms with Crippen molar-refractivity contribution in [3.05, 3.63) is 58.1 Å². The topological polar surface area (TPSA) is 245 Å². The van der Waals surface area contributed by atoms with E-state index in [9.17, 15) is 40.9 Å². The Labute approximate surface area is 545 Å². The third-order valence-corrected chi connectivity index (χ3v) is 14.2. The minimum Gasteiger partial charge on any atom is -0.491 e. The van der Waals surface area contributed by atoms with Crippen LogP contribution in [0.15, 0.2) is 30.3 Å². The SMILES string of the molecule is CCCCCCCCCc1cc(CN(CCOCC(C)O)CCOCC(C)O)c(OCC(C)O)c(CN(CCOCC(C)O)CCOCC(C)O)c1.CCCCCCCCCc1ccc(OCC(C)O)c(CN(CCOCC(C)O)CCOCC(C)O)c1.[HH].[HH].[HH].[HH].[HH].[HH].[HH].[HH]. The Morgan fingerprint density at radius 3 is 0.920 bits per heavy atom. The molecule has 0 fully saturated rings. The van der Waals surface area contributed by atoms with Crippen molar-refractivity contribution in [2.45, 2.75) is 240 Å². The molecule has 8 N–H and O–H groups in total. The van der Waals surface area contributed by atoms with E-state index in [-0.39, 0.29) is 51.1 Å². The van der Waals surface area contributed by atoms with Crippen molar-refractivity contribution in [1.29, 1.82) is 0 Å². The minimum atomic E-state index is -0.661. The molecule has 0 radical (unpaired) electrons. The monoisotopic (exact) mass is 1270 g/mol. The highest BCUT2D eigenvalue weighted by Gasteiger charge is 2.21. The zero-order valence-corrected chi connectivity index (χ0v) is 56.8. The van der Waals surface area contributed by atoms with Crippen molar-refractivity contribution < 1.29 is 90.2 Å². The third kappa shape index (κ3) is 48.2. The highest BCUT2D eigenvalue weighted by atomic mass is 16.5. The summed E-state index contributed by atoms with van der Waals surface area (Å²) in [4.78, 5) is 6.72. The van der Waals surface area contributed by atoms with Crippen LogP contribution in [0.5, 0.6) is 11.5 Å². The summed E-state index contributed by atoms with van der Waals surface area (Å²) in [5.41, 5.74) is 5.64. The maximum atomic E-state index is 10.3. The van der Waals surface area contributed by atoms with Crippen LogP contribution in [0.25, 0.3) is 0 Å². The first-order valence-corrected chi connectivity index (χ1v) is 33.8. The highest BCUT2D eigenvalue weighted by molar-refractivity contribution is 5.45. The van der Waals surface area contributed by atoms with E-state index in [1.54, 1.807) is 55.4 Å². The summed E-state index contributed by atoms with van der Waals surface area (Å²) in [6.45, 7) is 28.5. The van der Waals surface area contributed by atoms with Crippen LogP contribution in [0.2, 0.25) is 0 Å². The lowest BCUT2D eigenvalue weighted by atomic mass is 9.98. The van der Waals surface area contributed by atoms with E-state index in [0.29, 0.717) is 112 Å². The van der Waals surface area contributed by atoms with Gasteiger partial charge in [-0.2, -0.15) is 0 Å². The summed E-state index contributed by atoms with van der Waals surface area (Å²) in [7, 11) is 0. The number of ether oxygens (including phenoxy) is 8. The molecule has 0 aliphatic heterocycles. The van der Waals surface area contributed by atoms with Gasteiger partial charge in [-0.3, -0.25) is 14.7 Å². The number of rotatable bonds is 58. The standard InChI is InChI=1S/C40H76N2O10.C29H53NO6.8H2/c1-7-8-9-10-11-12-13-14-37-23-38(25-41(15-19-48-27-32(2)43)16-20-49-28-33(3)44)40(52-31-36(6)47)39(24-37)26-42(17-21-50-29-34(4)45)18-22-51-30-35(5)46;1-5-6-7-8-9-10-11-12-27-13-14-29(36-23-26(4)33)28(19-27)20-30(15-17-34-21-24(2)31)16-18-35-22-25(3)32;;;;;;;;/h23-24,32-36,43-47H,7-22,25-31H2,1-6H3;13-14,19,24-26,31-33H,5-12,15-18,20-23H2,1-4H3;8*1H. The summed E-state index contributed by atoms with van der Waals surface area (Å²) >= 11 is 0. The Morgan fingerprint density at radius 1 is 0.330 bits per heavy atom. The van der Waals surface area contributed by atoms with Crippen molar-refractivity contribution in [2.75, 3.05) is 132 Å². The van der Waals surface area contributed by atoms with Crippen LogP contribution in [0.4, 0.5) is 0 Å². The average Bonchev–Trinajstić information content (AvgIpc) is 0.822. The molecule has 2 aromatic carbocycles. The van der Waals surface area contributed by atoms with E-state index in [1.165, 1.54) is 94.6 Å². The molecule has 0 saturated heterocycles. The minimum absolute atomic E-state index is 0. The molecule has 0 spiro atoms. The van der Waals surface area contributed by atoms with Gasteiger partial charge in [-0.1, -0.05) is 115 Å². The fourth-order valence-corrected chi connectivity index (χ4v) is 9.65. The second-order valence-electron chi connectivity index (χ2n) is 24.6. The number of nitrogens with zero attached hydrogens (tertiary/aromatic N) is 3. The molecule has 0 aliphatic rings. The molecule has 8 unspecified atom stereocenters. The van der Waals surface area contributed by atoms with E-state index in [2.05, 4.69) is 52.8 Å². The first-order chi connectivity index (χ1) is 42.2. The molecule has 88 heavy (non-hydrogen) atoms. The van der Waals surface area contributed by atoms with Gasteiger partial charge in [-0.25, -0.2) is 0 Å². The van der Waals surface area contributed by atoms with Crippen molar-refractivity contribution in [3.8, 4) is 11.5 Å². The van der Waals surface area contributed by atoms with Crippen LogP contribution in [0, 0.1) is 0 Å². The fraction of sp³-hybridized carbons (Fsp3) is 0.826. The molecule has 19 nitrogen and oxygen atoms in total. The van der Waals surface area contributed by atoms with Crippen molar-refractivity contribution >= 4 is 0 Å². The molecule has 8 atom stereocenters. The van der Waals surface area contributed by atoms with E-state index in [1.807, 2.05) is 6.07 Å². The van der Waals surface area contributed by atoms with E-state index in [4.69, 9.17) is 37.9 Å². The van der Waals surface area contributed by atoms with Crippen LogP contribution < -0.4 is 9.47 Å². The first-order valence-electron chi connectivity index (χ1n) is 33.8. The predicted molar refractivity (Wildman–Crippen MR) is 368 cm³/mol. The van der Waals surface area contributed by atoms with Crippen LogP contribution in [-0.2, 0) is 60.9 Å². The van der Waals surface area contributed by atoms with Gasteiger partial charge in [-0.05, 0) is 98.3 Å². The number of aliphatic hydroxyl groups is 8. The summed E-state index contributed by atoms with van der Waals surface area (Å²) in [6.07, 6.45) is 15.2. The first kappa shape index (κ1) is 83.4. The summed E-state index contributed by atoms with van der Waals surface area (Å²) in [5.74, 6) is 1.53. The Hall–Kier alpha value is -2.64. The zero-order chi connectivity index (χ0) is 65.2. The molecule has 19 heteroatoms. The number of hydrogen-bond acceptors (Lipinski definition) is 19. The Bertz CT molecular complexity index is 1830. The second-order valence-corrected chi connectivity index (χ2v) is 24.6. The van der Waals surface area contributed by atoms with Gasteiger partial charge in [0, 0.05) is 87.0 Å². The maximum absolute atomic E-state index is 10.3. The number of hydrogen-bond donors (Lipinski definition) is 8. The fourth-order valence-electron chi connectivity index (χ4n) is 9.65. The van der Waals surface area contributed by atoms with E-state index >= 15 is 0 Å². The normalized spacial score (nSPS) is 14.6. The summed E-state index contributed by atoms with van der Waals surface area (Å²) in [6, 6.07) is 10.9. The smallest absolute Gasteiger partial charge is 0.128 e. The lowest BCUT2D eigenvalue weighted by molar-refractivity contribution is 0.0166. The second kappa shape index (κ2) is 54.9. The van der Waals surface area contributed by atoms with Gasteiger partial charge in [0.1, 0.15) is 24.7 Å². The van der Waals surface area contributed by atoms with Crippen molar-refractivity contribution in [2.24, 2.45) is 0 Å². The van der Waals surface area contributed by atoms with Crippen LogP contribution in [0.3, 0.4) is 0 Å². The average molecular weight is 1270 g/mol. The molecular formula is C69H145N3O16. The van der Waals surface area contributed by atoms with Crippen molar-refractivity contribution in [1.82, 2.24) is 14.7 Å². The Kier molecular flexibility index (Phi) is 52.0. The zero-order valence-electron chi connectivity index (χ0n) is 56.8. The van der Waals surface area contributed by atoms with E-state index < -0.39 is 48.8 Å². The highest BCUT2D eigenvalue weighted by Crippen LogP contribution is 2.31. The lowest BCUT2D eigenvalue weighted by Gasteiger charge is -2.28. The van der Waals surface area contributed by atoms with Crippen LogP contribution in [0.1, 0.15) is 198 Å². The molecule has 0 aliphatic carbocycles. The van der Waals surface area contributed by atoms with Gasteiger partial charge in [0.05, 0.1) is 128 Å². The molecule has 0 saturated carbocycles. The molecule has 0 amide bonds. The van der Waals surface area contributed by atoms with Gasteiger partial charge < -0.3 is 78.7 Å². The van der Waals surface area contributed by atoms with E-state index in [0.717, 1.165) is 47.5 Å². The Morgan fingerprint density at radius 2 is 0.602 bits per heavy atom. The lowest BCUT2D eigenvalue weighted by Crippen LogP contribution is -2.33. The number of benzene rings is 2. The molecule has 532 valence electrons. The van der Waals surface area contributed by atoms with Gasteiger partial charge in [-0.15, -0.1) is 0 Å². The molecule has 2 rings (SSSR count). The number of unbranched alkanes of at least 4 members (excludes halogenated alkanes) is 12. The van der Waals surface area contributed by atoms with Crippen LogP contribution >= 0.6 is 0 Å². The van der Waals surface area contributed by atoms with Gasteiger partial charge in [0.2, 0.25) is 0 Å². The van der Waals surface area contributed by atoms with Gasteiger partial charge >= 0.3 is 0 Å².